The number of nitrogens with zero attached hydrogens (tertiary/aromatic N) is 1. The molecule has 3 aromatic rings. The van der Waals surface area contributed by atoms with Gasteiger partial charge in [-0.15, -0.1) is 0 Å². The number of benzene rings is 2. The summed E-state index contributed by atoms with van der Waals surface area (Å²) in [5, 5.41) is 2.47. The summed E-state index contributed by atoms with van der Waals surface area (Å²) in [6, 6.07) is 12.8. The molecule has 1 saturated heterocycles. The van der Waals surface area contributed by atoms with Crippen LogP contribution in [0.4, 0.5) is 0 Å². The molecule has 4 rings (SSSR count). The number of hydrogen-bond acceptors (Lipinski definition) is 2. The summed E-state index contributed by atoms with van der Waals surface area (Å²) in [6.45, 7) is 1.66. The molecule has 2 aromatic carbocycles. The Bertz CT molecular complexity index is 806. The van der Waals surface area contributed by atoms with Gasteiger partial charge in [-0.25, -0.2) is 4.98 Å². The molecule has 1 unspecified atom stereocenters. The van der Waals surface area contributed by atoms with E-state index < -0.39 is 0 Å². The Balaban J connectivity index is 1.66. The quantitative estimate of drug-likeness (QED) is 0.709. The lowest BCUT2D eigenvalue weighted by atomic mass is 10.0. The maximum absolute atomic E-state index is 5.56. The van der Waals surface area contributed by atoms with E-state index in [9.17, 15) is 0 Å². The van der Waals surface area contributed by atoms with Gasteiger partial charge in [0.15, 0.2) is 0 Å². The molecule has 3 nitrogen and oxygen atoms in total. The Morgan fingerprint density at radius 1 is 1.14 bits per heavy atom. The number of nitrogens with one attached hydrogen (secondary N) is 1. The first-order chi connectivity index (χ1) is 10.8. The number of hydrogen-bond donors (Lipinski definition) is 1. The van der Waals surface area contributed by atoms with Crippen molar-refractivity contribution < 1.29 is 4.74 Å². The average molecular weight is 357 g/mol. The molecule has 4 heteroatoms. The maximum Gasteiger partial charge on any atom is 0.111 e. The first kappa shape index (κ1) is 14.0. The molecule has 0 amide bonds. The molecule has 1 fully saturated rings. The molecule has 22 heavy (non-hydrogen) atoms. The molecule has 2 heterocycles. The summed E-state index contributed by atoms with van der Waals surface area (Å²) >= 11 is 3.52. The predicted octanol–water partition coefficient (Wildman–Crippen LogP) is 4.89. The SMILES string of the molecule is Brc1ccc2cc(-c3cnc(C4CCCOC4)[nH]3)ccc2c1. The van der Waals surface area contributed by atoms with Crippen LogP contribution in [0.2, 0.25) is 0 Å². The summed E-state index contributed by atoms with van der Waals surface area (Å²) in [4.78, 5) is 8.04. The molecular formula is C18H17BrN2O. The maximum atomic E-state index is 5.56. The average Bonchev–Trinajstić information content (AvgIpc) is 3.05. The van der Waals surface area contributed by atoms with Gasteiger partial charge in [-0.1, -0.05) is 34.1 Å². The van der Waals surface area contributed by atoms with Gasteiger partial charge in [0.05, 0.1) is 18.5 Å². The molecule has 1 N–H and O–H groups in total. The number of aromatic nitrogens is 2. The number of ether oxygens (including phenoxy) is 1. The minimum absolute atomic E-state index is 0.402. The number of imidazole rings is 1. The number of fused-ring (bicyclic) bond motifs is 1. The van der Waals surface area contributed by atoms with Crippen molar-refractivity contribution in [3.63, 3.8) is 0 Å². The third kappa shape index (κ3) is 2.69. The van der Waals surface area contributed by atoms with Crippen molar-refractivity contribution in [2.24, 2.45) is 0 Å². The van der Waals surface area contributed by atoms with Gasteiger partial charge in [0, 0.05) is 22.6 Å². The molecule has 1 aromatic heterocycles. The summed E-state index contributed by atoms with van der Waals surface area (Å²) in [5.74, 6) is 1.45. The Morgan fingerprint density at radius 2 is 2.00 bits per heavy atom. The Kier molecular flexibility index (Phi) is 3.72. The van der Waals surface area contributed by atoms with E-state index in [1.165, 1.54) is 16.3 Å². The second-order valence-corrected chi connectivity index (χ2v) is 6.72. The van der Waals surface area contributed by atoms with Gasteiger partial charge in [0.1, 0.15) is 5.82 Å². The van der Waals surface area contributed by atoms with Gasteiger partial charge >= 0.3 is 0 Å². The van der Waals surface area contributed by atoms with Crippen LogP contribution in [0, 0.1) is 0 Å². The summed E-state index contributed by atoms with van der Waals surface area (Å²) < 4.78 is 6.66. The van der Waals surface area contributed by atoms with Gasteiger partial charge in [0.25, 0.3) is 0 Å². The predicted molar refractivity (Wildman–Crippen MR) is 92.0 cm³/mol. The molecule has 0 aliphatic carbocycles. The zero-order valence-corrected chi connectivity index (χ0v) is 13.8. The molecule has 0 bridgehead atoms. The lowest BCUT2D eigenvalue weighted by molar-refractivity contribution is 0.0783. The van der Waals surface area contributed by atoms with Crippen LogP contribution >= 0.6 is 15.9 Å². The second-order valence-electron chi connectivity index (χ2n) is 5.80. The highest BCUT2D eigenvalue weighted by Gasteiger charge is 2.19. The van der Waals surface area contributed by atoms with Crippen molar-refractivity contribution in [1.82, 2.24) is 9.97 Å². The second kappa shape index (κ2) is 5.86. The van der Waals surface area contributed by atoms with Gasteiger partial charge in [-0.3, -0.25) is 0 Å². The fourth-order valence-corrected chi connectivity index (χ4v) is 3.41. The van der Waals surface area contributed by atoms with Crippen LogP contribution in [0.25, 0.3) is 22.0 Å². The van der Waals surface area contributed by atoms with Crippen molar-refractivity contribution in [2.75, 3.05) is 13.2 Å². The highest BCUT2D eigenvalue weighted by Crippen LogP contribution is 2.28. The lowest BCUT2D eigenvalue weighted by Crippen LogP contribution is -2.16. The van der Waals surface area contributed by atoms with Crippen molar-refractivity contribution in [1.29, 1.82) is 0 Å². The Morgan fingerprint density at radius 3 is 2.86 bits per heavy atom. The molecule has 0 radical (unpaired) electrons. The summed E-state index contributed by atoms with van der Waals surface area (Å²) in [5.41, 5.74) is 2.25. The third-order valence-corrected chi connectivity index (χ3v) is 4.75. The van der Waals surface area contributed by atoms with E-state index in [2.05, 4.69) is 62.3 Å². The van der Waals surface area contributed by atoms with Crippen LogP contribution in [0.5, 0.6) is 0 Å². The number of halogens is 1. The van der Waals surface area contributed by atoms with Crippen molar-refractivity contribution >= 4 is 26.7 Å². The molecule has 112 valence electrons. The highest BCUT2D eigenvalue weighted by atomic mass is 79.9. The Hall–Kier alpha value is -1.65. The van der Waals surface area contributed by atoms with Gasteiger partial charge in [-0.2, -0.15) is 0 Å². The monoisotopic (exact) mass is 356 g/mol. The zero-order chi connectivity index (χ0) is 14.9. The summed E-state index contributed by atoms with van der Waals surface area (Å²) in [6.07, 6.45) is 4.20. The van der Waals surface area contributed by atoms with Crippen LogP contribution in [-0.2, 0) is 4.74 Å². The minimum atomic E-state index is 0.402. The topological polar surface area (TPSA) is 37.9 Å². The van der Waals surface area contributed by atoms with Crippen LogP contribution < -0.4 is 0 Å². The number of aromatic amines is 1. The standard InChI is InChI=1S/C18H17BrN2O/c19-16-6-5-12-8-14(4-3-13(12)9-16)17-10-20-18(21-17)15-2-1-7-22-11-15/h3-6,8-10,15H,1-2,7,11H2,(H,20,21). The van der Waals surface area contributed by atoms with Gasteiger partial charge in [-0.05, 0) is 41.8 Å². The fourth-order valence-electron chi connectivity index (χ4n) is 3.03. The largest absolute Gasteiger partial charge is 0.381 e. The van der Waals surface area contributed by atoms with Crippen LogP contribution in [-0.4, -0.2) is 23.2 Å². The fraction of sp³-hybridized carbons (Fsp3) is 0.278. The molecule has 1 aliphatic rings. The summed E-state index contributed by atoms with van der Waals surface area (Å²) in [7, 11) is 0. The Labute approximate surface area is 137 Å². The van der Waals surface area contributed by atoms with E-state index in [1.807, 2.05) is 6.20 Å². The van der Waals surface area contributed by atoms with E-state index in [4.69, 9.17) is 4.74 Å². The van der Waals surface area contributed by atoms with Gasteiger partial charge < -0.3 is 9.72 Å². The van der Waals surface area contributed by atoms with Crippen LogP contribution in [0.1, 0.15) is 24.6 Å². The number of H-pyrrole nitrogens is 1. The smallest absolute Gasteiger partial charge is 0.111 e. The first-order valence-electron chi connectivity index (χ1n) is 7.62. The van der Waals surface area contributed by atoms with Crippen molar-refractivity contribution in [2.45, 2.75) is 18.8 Å². The van der Waals surface area contributed by atoms with E-state index in [-0.39, 0.29) is 0 Å². The van der Waals surface area contributed by atoms with Crippen LogP contribution in [0.15, 0.2) is 47.1 Å². The number of rotatable bonds is 2. The van der Waals surface area contributed by atoms with E-state index >= 15 is 0 Å². The highest BCUT2D eigenvalue weighted by molar-refractivity contribution is 9.10. The molecule has 0 saturated carbocycles. The molecule has 1 atom stereocenters. The first-order valence-corrected chi connectivity index (χ1v) is 8.41. The van der Waals surface area contributed by atoms with E-state index in [0.29, 0.717) is 5.92 Å². The lowest BCUT2D eigenvalue weighted by Gasteiger charge is -2.19. The van der Waals surface area contributed by atoms with Crippen LogP contribution in [0.3, 0.4) is 0 Å². The molecular weight excluding hydrogens is 340 g/mol. The van der Waals surface area contributed by atoms with Gasteiger partial charge in [0.2, 0.25) is 0 Å². The normalized spacial score (nSPS) is 18.7. The molecule has 0 spiro atoms. The van der Waals surface area contributed by atoms with E-state index in [0.717, 1.165) is 42.0 Å². The van der Waals surface area contributed by atoms with E-state index in [1.54, 1.807) is 0 Å². The zero-order valence-electron chi connectivity index (χ0n) is 12.2. The van der Waals surface area contributed by atoms with Crippen molar-refractivity contribution in [3.05, 3.63) is 52.9 Å². The molecule has 1 aliphatic heterocycles. The van der Waals surface area contributed by atoms with Crippen molar-refractivity contribution in [3.8, 4) is 11.3 Å². The minimum Gasteiger partial charge on any atom is -0.381 e. The third-order valence-electron chi connectivity index (χ3n) is 4.26.